The number of hydrogen-bond acceptors (Lipinski definition) is 4. The SMILES string of the molecule is CC1=Nc2ccnn2C(c2ccc(Cl)c(Cl)c2)C1c1nc2cscc2n1C. The Labute approximate surface area is 169 Å². The summed E-state index contributed by atoms with van der Waals surface area (Å²) >= 11 is 14.1. The largest absolute Gasteiger partial charge is 0.330 e. The van der Waals surface area contributed by atoms with Gasteiger partial charge in [-0.25, -0.2) is 14.7 Å². The van der Waals surface area contributed by atoms with Crippen LogP contribution in [0.2, 0.25) is 10.0 Å². The lowest BCUT2D eigenvalue weighted by Gasteiger charge is -2.32. The van der Waals surface area contributed by atoms with Gasteiger partial charge in [-0.3, -0.25) is 0 Å². The number of aromatic nitrogens is 4. The van der Waals surface area contributed by atoms with Crippen molar-refractivity contribution >= 4 is 57.1 Å². The van der Waals surface area contributed by atoms with Crippen molar-refractivity contribution in [3.8, 4) is 0 Å². The third kappa shape index (κ3) is 2.55. The molecule has 0 fully saturated rings. The van der Waals surface area contributed by atoms with E-state index in [1.165, 1.54) is 0 Å². The van der Waals surface area contributed by atoms with Gasteiger partial charge < -0.3 is 4.57 Å². The minimum Gasteiger partial charge on any atom is -0.330 e. The summed E-state index contributed by atoms with van der Waals surface area (Å²) in [5.41, 5.74) is 4.16. The molecule has 0 bridgehead atoms. The number of fused-ring (bicyclic) bond motifs is 2. The maximum atomic E-state index is 6.33. The summed E-state index contributed by atoms with van der Waals surface area (Å²) in [6.45, 7) is 2.05. The summed E-state index contributed by atoms with van der Waals surface area (Å²) < 4.78 is 4.09. The fourth-order valence-corrected chi connectivity index (χ4v) is 4.89. The Balaban J connectivity index is 1.75. The summed E-state index contributed by atoms with van der Waals surface area (Å²) in [7, 11) is 2.05. The Morgan fingerprint density at radius 3 is 2.74 bits per heavy atom. The molecule has 0 spiro atoms. The average Bonchev–Trinajstić information content (AvgIpc) is 3.34. The Kier molecular flexibility index (Phi) is 3.89. The molecule has 27 heavy (non-hydrogen) atoms. The third-order valence-electron chi connectivity index (χ3n) is 5.09. The predicted octanol–water partition coefficient (Wildman–Crippen LogP) is 5.62. The van der Waals surface area contributed by atoms with Crippen LogP contribution in [0.3, 0.4) is 0 Å². The van der Waals surface area contributed by atoms with Crippen molar-refractivity contribution in [2.75, 3.05) is 0 Å². The highest BCUT2D eigenvalue weighted by Crippen LogP contribution is 2.43. The van der Waals surface area contributed by atoms with Gasteiger partial charge in [0.2, 0.25) is 0 Å². The number of halogens is 2. The molecule has 136 valence electrons. The van der Waals surface area contributed by atoms with Gasteiger partial charge in [0.1, 0.15) is 5.82 Å². The molecule has 8 heteroatoms. The van der Waals surface area contributed by atoms with Crippen LogP contribution in [0, 0.1) is 0 Å². The molecule has 0 radical (unpaired) electrons. The molecule has 2 unspecified atom stereocenters. The van der Waals surface area contributed by atoms with Crippen LogP contribution in [0.5, 0.6) is 0 Å². The number of nitrogens with zero attached hydrogens (tertiary/aromatic N) is 5. The summed E-state index contributed by atoms with van der Waals surface area (Å²) in [4.78, 5) is 9.69. The fraction of sp³-hybridized carbons (Fsp3) is 0.211. The minimum atomic E-state index is -0.101. The normalized spacial score (nSPS) is 19.3. The Morgan fingerprint density at radius 1 is 1.11 bits per heavy atom. The van der Waals surface area contributed by atoms with Gasteiger partial charge in [0.15, 0.2) is 5.82 Å². The van der Waals surface area contributed by atoms with Gasteiger partial charge >= 0.3 is 0 Å². The molecule has 5 nitrogen and oxygen atoms in total. The van der Waals surface area contributed by atoms with Crippen LogP contribution in [0.15, 0.2) is 46.2 Å². The molecular formula is C19H15Cl2N5S. The summed E-state index contributed by atoms with van der Waals surface area (Å²) in [6.07, 6.45) is 1.77. The molecule has 1 aliphatic heterocycles. The van der Waals surface area contributed by atoms with E-state index in [1.54, 1.807) is 17.5 Å². The molecule has 5 rings (SSSR count). The van der Waals surface area contributed by atoms with Gasteiger partial charge in [-0.05, 0) is 24.6 Å². The second kappa shape index (κ2) is 6.19. The number of aliphatic imine (C=N–C) groups is 1. The lowest BCUT2D eigenvalue weighted by molar-refractivity contribution is 0.470. The molecule has 1 aliphatic rings. The molecule has 4 heterocycles. The third-order valence-corrected chi connectivity index (χ3v) is 6.55. The highest BCUT2D eigenvalue weighted by Gasteiger charge is 2.37. The number of aryl methyl sites for hydroxylation is 1. The van der Waals surface area contributed by atoms with Gasteiger partial charge in [-0.1, -0.05) is 29.3 Å². The van der Waals surface area contributed by atoms with Crippen LogP contribution in [-0.2, 0) is 7.05 Å². The van der Waals surface area contributed by atoms with E-state index in [4.69, 9.17) is 33.2 Å². The van der Waals surface area contributed by atoms with Crippen molar-refractivity contribution in [2.24, 2.45) is 12.0 Å². The van der Waals surface area contributed by atoms with Crippen LogP contribution in [0.4, 0.5) is 5.82 Å². The topological polar surface area (TPSA) is 48.0 Å². The second-order valence-electron chi connectivity index (χ2n) is 6.65. The minimum absolute atomic E-state index is 0.0583. The van der Waals surface area contributed by atoms with Crippen molar-refractivity contribution in [3.63, 3.8) is 0 Å². The van der Waals surface area contributed by atoms with E-state index in [2.05, 4.69) is 27.5 Å². The number of hydrogen-bond donors (Lipinski definition) is 0. The van der Waals surface area contributed by atoms with Gasteiger partial charge in [-0.15, -0.1) is 11.3 Å². The van der Waals surface area contributed by atoms with Crippen molar-refractivity contribution in [3.05, 3.63) is 62.7 Å². The molecular weight excluding hydrogens is 401 g/mol. The van der Waals surface area contributed by atoms with Crippen LogP contribution in [0.1, 0.15) is 30.3 Å². The molecule has 0 saturated heterocycles. The van der Waals surface area contributed by atoms with Crippen molar-refractivity contribution < 1.29 is 0 Å². The number of imidazole rings is 1. The molecule has 4 aromatic rings. The molecule has 0 N–H and O–H groups in total. The first-order chi connectivity index (χ1) is 13.0. The van der Waals surface area contributed by atoms with Gasteiger partial charge in [-0.2, -0.15) is 5.10 Å². The molecule has 3 aromatic heterocycles. The van der Waals surface area contributed by atoms with E-state index in [0.29, 0.717) is 10.0 Å². The zero-order valence-corrected chi connectivity index (χ0v) is 16.9. The Hall–Kier alpha value is -2.15. The summed E-state index contributed by atoms with van der Waals surface area (Å²) in [5, 5.41) is 9.81. The highest BCUT2D eigenvalue weighted by molar-refractivity contribution is 7.09. The fourth-order valence-electron chi connectivity index (χ4n) is 3.81. The van der Waals surface area contributed by atoms with E-state index in [1.807, 2.05) is 35.9 Å². The quantitative estimate of drug-likeness (QED) is 0.426. The Bertz CT molecular complexity index is 1200. The van der Waals surface area contributed by atoms with Crippen LogP contribution < -0.4 is 0 Å². The first-order valence-corrected chi connectivity index (χ1v) is 10.2. The van der Waals surface area contributed by atoms with Crippen LogP contribution in [0.25, 0.3) is 11.0 Å². The van der Waals surface area contributed by atoms with E-state index >= 15 is 0 Å². The maximum Gasteiger partial charge on any atom is 0.150 e. The molecule has 0 amide bonds. The summed E-state index contributed by atoms with van der Waals surface area (Å²) in [6, 6.07) is 7.56. The average molecular weight is 416 g/mol. The molecule has 0 aliphatic carbocycles. The monoisotopic (exact) mass is 415 g/mol. The lowest BCUT2D eigenvalue weighted by Crippen LogP contribution is -2.30. The number of rotatable bonds is 2. The van der Waals surface area contributed by atoms with Crippen LogP contribution in [-0.4, -0.2) is 25.0 Å². The number of benzene rings is 1. The Morgan fingerprint density at radius 2 is 1.96 bits per heavy atom. The van der Waals surface area contributed by atoms with E-state index in [0.717, 1.165) is 34.0 Å². The molecule has 1 aromatic carbocycles. The van der Waals surface area contributed by atoms with E-state index in [-0.39, 0.29) is 12.0 Å². The first kappa shape index (κ1) is 17.0. The number of thiophene rings is 1. The summed E-state index contributed by atoms with van der Waals surface area (Å²) in [5.74, 6) is 1.73. The van der Waals surface area contributed by atoms with Gasteiger partial charge in [0.25, 0.3) is 0 Å². The van der Waals surface area contributed by atoms with Crippen molar-refractivity contribution in [2.45, 2.75) is 18.9 Å². The lowest BCUT2D eigenvalue weighted by atomic mass is 9.87. The maximum absolute atomic E-state index is 6.33. The van der Waals surface area contributed by atoms with Crippen molar-refractivity contribution in [1.82, 2.24) is 19.3 Å². The van der Waals surface area contributed by atoms with Crippen LogP contribution >= 0.6 is 34.5 Å². The predicted molar refractivity (Wildman–Crippen MR) is 111 cm³/mol. The van der Waals surface area contributed by atoms with E-state index < -0.39 is 0 Å². The smallest absolute Gasteiger partial charge is 0.150 e. The first-order valence-electron chi connectivity index (χ1n) is 8.46. The zero-order valence-electron chi connectivity index (χ0n) is 14.6. The zero-order chi connectivity index (χ0) is 18.7. The molecule has 0 saturated carbocycles. The standard InChI is InChI=1S/C19H15Cl2N5S/c1-10-17(19-24-14-8-27-9-15(14)25(19)2)18(26-16(23-10)5-6-22-26)11-3-4-12(20)13(21)7-11/h3-9,17-18H,1-2H3. The van der Waals surface area contributed by atoms with Gasteiger partial charge in [0.05, 0.1) is 39.2 Å². The molecule has 2 atom stereocenters. The van der Waals surface area contributed by atoms with Crippen molar-refractivity contribution in [1.29, 1.82) is 0 Å². The second-order valence-corrected chi connectivity index (χ2v) is 8.21. The highest BCUT2D eigenvalue weighted by atomic mass is 35.5. The van der Waals surface area contributed by atoms with E-state index in [9.17, 15) is 0 Å². The van der Waals surface area contributed by atoms with Gasteiger partial charge in [0, 0.05) is 29.6 Å².